The lowest BCUT2D eigenvalue weighted by molar-refractivity contribution is 0.798. The van der Waals surface area contributed by atoms with Gasteiger partial charge in [-0.2, -0.15) is 0 Å². The van der Waals surface area contributed by atoms with E-state index < -0.39 is 0 Å². The maximum Gasteiger partial charge on any atom is 0.181 e. The molecule has 0 amide bonds. The van der Waals surface area contributed by atoms with Crippen molar-refractivity contribution in [2.75, 3.05) is 0 Å². The van der Waals surface area contributed by atoms with Gasteiger partial charge in [-0.05, 0) is 6.92 Å². The van der Waals surface area contributed by atoms with Crippen molar-refractivity contribution in [1.82, 2.24) is 19.9 Å². The Morgan fingerprint density at radius 1 is 1.31 bits per heavy atom. The molecule has 0 atom stereocenters. The normalized spacial score (nSPS) is 11.4. The Morgan fingerprint density at radius 3 is 2.77 bits per heavy atom. The molecule has 0 fully saturated rings. The summed E-state index contributed by atoms with van der Waals surface area (Å²) in [5, 5.41) is 0. The van der Waals surface area contributed by atoms with E-state index in [0.29, 0.717) is 5.92 Å². The Balaban J connectivity index is 2.62. The van der Waals surface area contributed by atoms with Gasteiger partial charge in [0.2, 0.25) is 0 Å². The molecule has 0 spiro atoms. The molecule has 0 unspecified atom stereocenters. The predicted molar refractivity (Wildman–Crippen MR) is 50.5 cm³/mol. The molecule has 0 radical (unpaired) electrons. The zero-order valence-electron chi connectivity index (χ0n) is 8.00. The van der Waals surface area contributed by atoms with Crippen molar-refractivity contribution in [3.63, 3.8) is 0 Å². The third-order valence-electron chi connectivity index (χ3n) is 1.93. The zero-order chi connectivity index (χ0) is 9.42. The lowest BCUT2D eigenvalue weighted by Crippen LogP contribution is -1.88. The summed E-state index contributed by atoms with van der Waals surface area (Å²) in [5.74, 6) is 2.12. The highest BCUT2D eigenvalue weighted by Gasteiger charge is 2.06. The summed E-state index contributed by atoms with van der Waals surface area (Å²) < 4.78 is 0. The fraction of sp³-hybridized carbons (Fsp3) is 0.444. The number of fused-ring (bicyclic) bond motifs is 1. The number of imidazole rings is 1. The molecular formula is C9H12N4. The topological polar surface area (TPSA) is 54.5 Å². The first-order valence-electron chi connectivity index (χ1n) is 4.36. The number of H-pyrrole nitrogens is 1. The van der Waals surface area contributed by atoms with Gasteiger partial charge >= 0.3 is 0 Å². The fourth-order valence-electron chi connectivity index (χ4n) is 1.18. The maximum atomic E-state index is 4.37. The molecule has 0 bridgehead atoms. The van der Waals surface area contributed by atoms with E-state index in [1.165, 1.54) is 0 Å². The summed E-state index contributed by atoms with van der Waals surface area (Å²) in [6.45, 7) is 6.05. The number of aromatic nitrogens is 4. The molecule has 4 nitrogen and oxygen atoms in total. The Kier molecular flexibility index (Phi) is 1.76. The van der Waals surface area contributed by atoms with Crippen LogP contribution in [0, 0.1) is 6.92 Å². The Hall–Kier alpha value is -1.45. The maximum absolute atomic E-state index is 4.37. The molecule has 0 aliphatic carbocycles. The van der Waals surface area contributed by atoms with Gasteiger partial charge in [0.05, 0.1) is 6.20 Å². The molecule has 0 saturated carbocycles. The van der Waals surface area contributed by atoms with Crippen molar-refractivity contribution in [3.8, 4) is 0 Å². The van der Waals surface area contributed by atoms with Crippen molar-refractivity contribution in [3.05, 3.63) is 17.8 Å². The summed E-state index contributed by atoms with van der Waals surface area (Å²) in [6.07, 6.45) is 1.77. The summed E-state index contributed by atoms with van der Waals surface area (Å²) in [4.78, 5) is 15.9. The van der Waals surface area contributed by atoms with E-state index in [0.717, 1.165) is 22.8 Å². The SMILES string of the molecule is Cc1ncc2[nH]c(C(C)C)nc2n1. The first-order valence-corrected chi connectivity index (χ1v) is 4.36. The highest BCUT2D eigenvalue weighted by atomic mass is 15.0. The molecule has 0 aliphatic rings. The van der Waals surface area contributed by atoms with Crippen LogP contribution in [0.25, 0.3) is 11.2 Å². The molecule has 2 rings (SSSR count). The molecular weight excluding hydrogens is 164 g/mol. The van der Waals surface area contributed by atoms with Crippen molar-refractivity contribution in [1.29, 1.82) is 0 Å². The van der Waals surface area contributed by atoms with Crippen LogP contribution in [0.5, 0.6) is 0 Å². The van der Waals surface area contributed by atoms with Gasteiger partial charge in [0, 0.05) is 5.92 Å². The molecule has 68 valence electrons. The lowest BCUT2D eigenvalue weighted by Gasteiger charge is -1.95. The smallest absolute Gasteiger partial charge is 0.181 e. The monoisotopic (exact) mass is 176 g/mol. The Morgan fingerprint density at radius 2 is 2.08 bits per heavy atom. The molecule has 0 saturated heterocycles. The second-order valence-electron chi connectivity index (χ2n) is 3.43. The van der Waals surface area contributed by atoms with Crippen LogP contribution in [0.1, 0.15) is 31.4 Å². The van der Waals surface area contributed by atoms with Crippen LogP contribution >= 0.6 is 0 Å². The van der Waals surface area contributed by atoms with Crippen molar-refractivity contribution < 1.29 is 0 Å². The predicted octanol–water partition coefficient (Wildman–Crippen LogP) is 1.78. The summed E-state index contributed by atoms with van der Waals surface area (Å²) >= 11 is 0. The van der Waals surface area contributed by atoms with Crippen LogP contribution in [-0.2, 0) is 0 Å². The quantitative estimate of drug-likeness (QED) is 0.720. The Bertz CT molecular complexity index is 430. The summed E-state index contributed by atoms with van der Waals surface area (Å²) in [6, 6.07) is 0. The lowest BCUT2D eigenvalue weighted by atomic mass is 10.2. The number of nitrogens with one attached hydrogen (secondary N) is 1. The highest BCUT2D eigenvalue weighted by Crippen LogP contribution is 2.14. The zero-order valence-corrected chi connectivity index (χ0v) is 8.00. The van der Waals surface area contributed by atoms with Gasteiger partial charge in [-0.15, -0.1) is 0 Å². The van der Waals surface area contributed by atoms with E-state index in [4.69, 9.17) is 0 Å². The second-order valence-corrected chi connectivity index (χ2v) is 3.43. The minimum atomic E-state index is 0.398. The largest absolute Gasteiger partial charge is 0.339 e. The van der Waals surface area contributed by atoms with Crippen molar-refractivity contribution in [2.24, 2.45) is 0 Å². The summed E-state index contributed by atoms with van der Waals surface area (Å²) in [7, 11) is 0. The average Bonchev–Trinajstić information content (AvgIpc) is 2.46. The third kappa shape index (κ3) is 1.39. The molecule has 2 aromatic heterocycles. The third-order valence-corrected chi connectivity index (χ3v) is 1.93. The first-order chi connectivity index (χ1) is 6.16. The van der Waals surface area contributed by atoms with Crippen molar-refractivity contribution >= 4 is 11.2 Å². The minimum Gasteiger partial charge on any atom is -0.339 e. The Labute approximate surface area is 76.4 Å². The molecule has 2 heterocycles. The van der Waals surface area contributed by atoms with Gasteiger partial charge in [-0.1, -0.05) is 13.8 Å². The van der Waals surface area contributed by atoms with Crippen LogP contribution in [0.3, 0.4) is 0 Å². The van der Waals surface area contributed by atoms with Crippen LogP contribution in [0.4, 0.5) is 0 Å². The number of nitrogens with zero attached hydrogens (tertiary/aromatic N) is 3. The van der Waals surface area contributed by atoms with E-state index in [1.807, 2.05) is 6.92 Å². The van der Waals surface area contributed by atoms with Gasteiger partial charge in [0.1, 0.15) is 17.2 Å². The van der Waals surface area contributed by atoms with Crippen molar-refractivity contribution in [2.45, 2.75) is 26.7 Å². The number of rotatable bonds is 1. The summed E-state index contributed by atoms with van der Waals surface area (Å²) in [5.41, 5.74) is 1.67. The standard InChI is InChI=1S/C9H12N4/c1-5(2)8-12-7-4-10-6(3)11-9(7)13-8/h4-5H,1-3H3,(H,10,11,12,13). The molecule has 0 aromatic carbocycles. The molecule has 13 heavy (non-hydrogen) atoms. The van der Waals surface area contributed by atoms with Gasteiger partial charge in [0.25, 0.3) is 0 Å². The van der Waals surface area contributed by atoms with Gasteiger partial charge in [-0.3, -0.25) is 0 Å². The van der Waals surface area contributed by atoms with E-state index in [2.05, 4.69) is 33.8 Å². The number of aromatic amines is 1. The molecule has 4 heteroatoms. The van der Waals surface area contributed by atoms with E-state index in [9.17, 15) is 0 Å². The van der Waals surface area contributed by atoms with Gasteiger partial charge in [-0.25, -0.2) is 15.0 Å². The van der Waals surface area contributed by atoms with Crippen LogP contribution in [0.2, 0.25) is 0 Å². The first kappa shape index (κ1) is 8.16. The van der Waals surface area contributed by atoms with Gasteiger partial charge in [0.15, 0.2) is 5.65 Å². The van der Waals surface area contributed by atoms with Gasteiger partial charge < -0.3 is 4.98 Å². The van der Waals surface area contributed by atoms with Crippen LogP contribution in [-0.4, -0.2) is 19.9 Å². The van der Waals surface area contributed by atoms with E-state index in [-0.39, 0.29) is 0 Å². The molecule has 0 aliphatic heterocycles. The number of aryl methyl sites for hydroxylation is 1. The fourth-order valence-corrected chi connectivity index (χ4v) is 1.18. The highest BCUT2D eigenvalue weighted by molar-refractivity contribution is 5.69. The van der Waals surface area contributed by atoms with E-state index in [1.54, 1.807) is 6.20 Å². The molecule has 1 N–H and O–H groups in total. The van der Waals surface area contributed by atoms with Crippen LogP contribution in [0.15, 0.2) is 6.20 Å². The average molecular weight is 176 g/mol. The molecule has 2 aromatic rings. The number of hydrogen-bond acceptors (Lipinski definition) is 3. The second kappa shape index (κ2) is 2.80. The minimum absolute atomic E-state index is 0.398. The van der Waals surface area contributed by atoms with Crippen LogP contribution < -0.4 is 0 Å². The van der Waals surface area contributed by atoms with E-state index >= 15 is 0 Å². The number of hydrogen-bond donors (Lipinski definition) is 1.